The first-order valence-electron chi connectivity index (χ1n) is 8.14. The smallest absolute Gasteiger partial charge is 0.240 e. The summed E-state index contributed by atoms with van der Waals surface area (Å²) in [7, 11) is 0. The summed E-state index contributed by atoms with van der Waals surface area (Å²) in [4.78, 5) is 22.7. The van der Waals surface area contributed by atoms with E-state index in [1.807, 2.05) is 25.1 Å². The summed E-state index contributed by atoms with van der Waals surface area (Å²) in [5.41, 5.74) is 12.8. The van der Waals surface area contributed by atoms with E-state index in [9.17, 15) is 9.59 Å². The molecule has 1 atom stereocenters. The first-order chi connectivity index (χ1) is 12.1. The molecule has 1 aromatic carbocycles. The van der Waals surface area contributed by atoms with Crippen molar-refractivity contribution in [1.82, 2.24) is 5.43 Å². The quantitative estimate of drug-likeness (QED) is 0.683. The van der Waals surface area contributed by atoms with Crippen LogP contribution >= 0.6 is 0 Å². The van der Waals surface area contributed by atoms with Gasteiger partial charge in [0.25, 0.3) is 0 Å². The number of carbonyl (C=O) groups is 2. The molecule has 0 saturated heterocycles. The molecule has 6 heteroatoms. The number of para-hydroxylation sites is 1. The average Bonchev–Trinajstić information content (AvgIpc) is 2.59. The number of carbonyl (C=O) groups excluding carboxylic acids is 2. The molecule has 128 valence electrons. The van der Waals surface area contributed by atoms with Crippen molar-refractivity contribution in [1.29, 1.82) is 0 Å². The summed E-state index contributed by atoms with van der Waals surface area (Å²) in [6, 6.07) is 15.8. The standard InChI is InChI=1S/C13H16N4O2.C6H4/c1-8-6-11(18)16-17-13(8)9-4-2-3-5-10(9)15-12(19)7-14;1-2-6-4-3-5(1)6/h2-5,8H,6-7,14H2,1H3,(H,15,19)(H,16,18);1-4H. The van der Waals surface area contributed by atoms with Gasteiger partial charge in [0.1, 0.15) is 0 Å². The number of fused-ring (bicyclic) bond motifs is 1. The second-order valence-electron chi connectivity index (χ2n) is 6.01. The van der Waals surface area contributed by atoms with Crippen LogP contribution in [0.5, 0.6) is 0 Å². The van der Waals surface area contributed by atoms with Gasteiger partial charge in [-0.15, -0.1) is 0 Å². The SMILES string of the molecule is CC1CC(=O)NN=C1c1ccccc1NC(=O)CN.c1cc2ccc1-2. The van der Waals surface area contributed by atoms with Gasteiger partial charge in [-0.25, -0.2) is 5.43 Å². The van der Waals surface area contributed by atoms with Crippen molar-refractivity contribution in [2.45, 2.75) is 13.3 Å². The number of nitrogens with one attached hydrogen (secondary N) is 2. The zero-order valence-electron chi connectivity index (χ0n) is 14.0. The maximum atomic E-state index is 11.4. The lowest BCUT2D eigenvalue weighted by atomic mass is 9.93. The first kappa shape index (κ1) is 16.9. The van der Waals surface area contributed by atoms with E-state index < -0.39 is 0 Å². The van der Waals surface area contributed by atoms with Gasteiger partial charge < -0.3 is 11.1 Å². The van der Waals surface area contributed by atoms with Gasteiger partial charge in [0, 0.05) is 23.6 Å². The van der Waals surface area contributed by atoms with E-state index in [-0.39, 0.29) is 24.3 Å². The fourth-order valence-corrected chi connectivity index (χ4v) is 2.66. The molecule has 0 radical (unpaired) electrons. The molecule has 25 heavy (non-hydrogen) atoms. The van der Waals surface area contributed by atoms with E-state index in [0.717, 1.165) is 11.3 Å². The van der Waals surface area contributed by atoms with Crippen LogP contribution in [0.4, 0.5) is 5.69 Å². The summed E-state index contributed by atoms with van der Waals surface area (Å²) in [6.07, 6.45) is 0.387. The molecule has 1 heterocycles. The van der Waals surface area contributed by atoms with Crippen LogP contribution in [0, 0.1) is 5.92 Å². The molecule has 0 bridgehead atoms. The van der Waals surface area contributed by atoms with Crippen molar-refractivity contribution in [2.75, 3.05) is 11.9 Å². The predicted molar refractivity (Wildman–Crippen MR) is 98.0 cm³/mol. The number of benzene rings is 2. The molecule has 1 aromatic rings. The van der Waals surface area contributed by atoms with Crippen molar-refractivity contribution in [3.8, 4) is 11.1 Å². The summed E-state index contributed by atoms with van der Waals surface area (Å²) >= 11 is 0. The maximum absolute atomic E-state index is 11.4. The Hall–Kier alpha value is -2.99. The summed E-state index contributed by atoms with van der Waals surface area (Å²) in [5.74, 6) is -0.357. The lowest BCUT2D eigenvalue weighted by Gasteiger charge is -2.21. The van der Waals surface area contributed by atoms with Gasteiger partial charge in [-0.05, 0) is 17.2 Å². The van der Waals surface area contributed by atoms with E-state index in [1.54, 1.807) is 6.07 Å². The van der Waals surface area contributed by atoms with Crippen molar-refractivity contribution >= 4 is 23.2 Å². The minimum absolute atomic E-state index is 0.00433. The van der Waals surface area contributed by atoms with Gasteiger partial charge in [-0.2, -0.15) is 5.10 Å². The molecule has 2 aliphatic carbocycles. The van der Waals surface area contributed by atoms with Gasteiger partial charge in [0.05, 0.1) is 12.3 Å². The minimum Gasteiger partial charge on any atom is -0.324 e. The van der Waals surface area contributed by atoms with Crippen LogP contribution in [0.15, 0.2) is 53.6 Å². The predicted octanol–water partition coefficient (Wildman–Crippen LogP) is 2.11. The number of nitrogens with zero attached hydrogens (tertiary/aromatic N) is 1. The summed E-state index contributed by atoms with van der Waals surface area (Å²) in [6.45, 7) is 1.85. The van der Waals surface area contributed by atoms with Crippen LogP contribution in [0.2, 0.25) is 0 Å². The van der Waals surface area contributed by atoms with Gasteiger partial charge in [0.15, 0.2) is 0 Å². The van der Waals surface area contributed by atoms with E-state index in [1.165, 1.54) is 11.1 Å². The van der Waals surface area contributed by atoms with Crippen molar-refractivity contribution in [3.05, 3.63) is 54.1 Å². The number of amides is 2. The molecule has 2 amide bonds. The monoisotopic (exact) mass is 336 g/mol. The fourth-order valence-electron chi connectivity index (χ4n) is 2.66. The number of anilines is 1. The van der Waals surface area contributed by atoms with E-state index in [4.69, 9.17) is 5.73 Å². The van der Waals surface area contributed by atoms with Gasteiger partial charge in [-0.1, -0.05) is 49.4 Å². The second kappa shape index (κ2) is 7.27. The Morgan fingerprint density at radius 3 is 2.36 bits per heavy atom. The zero-order chi connectivity index (χ0) is 17.8. The number of nitrogens with two attached hydrogens (primary N) is 1. The Morgan fingerprint density at radius 1 is 1.20 bits per heavy atom. The van der Waals surface area contributed by atoms with Crippen LogP contribution in [0.25, 0.3) is 11.1 Å². The molecule has 0 fully saturated rings. The Bertz CT molecular complexity index is 807. The van der Waals surface area contributed by atoms with Crippen molar-refractivity contribution in [3.63, 3.8) is 0 Å². The third-order valence-electron chi connectivity index (χ3n) is 4.14. The Balaban J connectivity index is 0.000000250. The number of rotatable bonds is 3. The number of hydrazone groups is 1. The van der Waals surface area contributed by atoms with Gasteiger partial charge in [-0.3, -0.25) is 9.59 Å². The van der Waals surface area contributed by atoms with Gasteiger partial charge in [0.2, 0.25) is 11.8 Å². The molecular weight excluding hydrogens is 316 g/mol. The molecule has 4 rings (SSSR count). The average molecular weight is 336 g/mol. The Labute approximate surface area is 146 Å². The molecule has 0 saturated carbocycles. The molecule has 6 nitrogen and oxygen atoms in total. The lowest BCUT2D eigenvalue weighted by Crippen LogP contribution is -2.32. The molecular formula is C19H20N4O2. The minimum atomic E-state index is -0.263. The van der Waals surface area contributed by atoms with E-state index in [0.29, 0.717) is 12.1 Å². The molecule has 1 unspecified atom stereocenters. The highest BCUT2D eigenvalue weighted by Crippen LogP contribution is 2.29. The molecule has 1 aliphatic heterocycles. The molecule has 4 N–H and O–H groups in total. The maximum Gasteiger partial charge on any atom is 0.240 e. The van der Waals surface area contributed by atoms with Crippen molar-refractivity contribution in [2.24, 2.45) is 16.8 Å². The molecule has 0 aromatic heterocycles. The summed E-state index contributed by atoms with van der Waals surface area (Å²) in [5, 5.41) is 6.82. The Kier molecular flexibility index (Phi) is 4.90. The van der Waals surface area contributed by atoms with Crippen LogP contribution in [0.3, 0.4) is 0 Å². The lowest BCUT2D eigenvalue weighted by molar-refractivity contribution is -0.122. The largest absolute Gasteiger partial charge is 0.324 e. The van der Waals surface area contributed by atoms with Crippen LogP contribution < -0.4 is 16.5 Å². The third-order valence-corrected chi connectivity index (χ3v) is 4.14. The topological polar surface area (TPSA) is 96.6 Å². The van der Waals surface area contributed by atoms with Gasteiger partial charge >= 0.3 is 0 Å². The van der Waals surface area contributed by atoms with Crippen LogP contribution in [0.1, 0.15) is 18.9 Å². The second-order valence-corrected chi connectivity index (χ2v) is 6.01. The van der Waals surface area contributed by atoms with Crippen molar-refractivity contribution < 1.29 is 9.59 Å². The van der Waals surface area contributed by atoms with Crippen LogP contribution in [-0.4, -0.2) is 24.1 Å². The van der Waals surface area contributed by atoms with Crippen LogP contribution in [-0.2, 0) is 9.59 Å². The third kappa shape index (κ3) is 3.75. The van der Waals surface area contributed by atoms with E-state index in [2.05, 4.69) is 40.1 Å². The molecule has 0 spiro atoms. The normalized spacial score (nSPS) is 16.8. The first-order valence-corrected chi connectivity index (χ1v) is 8.14. The zero-order valence-corrected chi connectivity index (χ0v) is 14.0. The highest BCUT2D eigenvalue weighted by molar-refractivity contribution is 6.11. The number of hydrogen-bond donors (Lipinski definition) is 3. The number of hydrogen-bond acceptors (Lipinski definition) is 4. The molecule has 3 aliphatic rings. The highest BCUT2D eigenvalue weighted by Gasteiger charge is 2.23. The fraction of sp³-hybridized carbons (Fsp3) is 0.211. The Morgan fingerprint density at radius 2 is 1.84 bits per heavy atom. The highest BCUT2D eigenvalue weighted by atomic mass is 16.2. The summed E-state index contributed by atoms with van der Waals surface area (Å²) < 4.78 is 0. The van der Waals surface area contributed by atoms with E-state index >= 15 is 0 Å².